The van der Waals surface area contributed by atoms with Crippen molar-refractivity contribution in [3.63, 3.8) is 0 Å². The van der Waals surface area contributed by atoms with Crippen molar-refractivity contribution in [2.24, 2.45) is 0 Å². The number of rotatable bonds is 6. The second kappa shape index (κ2) is 8.80. The monoisotopic (exact) mass is 378 g/mol. The number of aromatic nitrogens is 2. The van der Waals surface area contributed by atoms with Crippen molar-refractivity contribution in [1.82, 2.24) is 14.9 Å². The third-order valence-corrected chi connectivity index (χ3v) is 4.89. The van der Waals surface area contributed by atoms with Gasteiger partial charge in [-0.3, -0.25) is 9.88 Å². The van der Waals surface area contributed by atoms with E-state index in [0.717, 1.165) is 43.1 Å². The molecule has 0 atom stereocenters. The zero-order valence-corrected chi connectivity index (χ0v) is 15.7. The molecule has 28 heavy (non-hydrogen) atoms. The molecule has 0 N–H and O–H groups in total. The average molecular weight is 378 g/mol. The van der Waals surface area contributed by atoms with Crippen LogP contribution in [0.4, 0.5) is 10.2 Å². The van der Waals surface area contributed by atoms with Gasteiger partial charge in [-0.05, 0) is 29.8 Å². The van der Waals surface area contributed by atoms with E-state index in [1.54, 1.807) is 18.5 Å². The van der Waals surface area contributed by atoms with Crippen LogP contribution in [0.1, 0.15) is 11.1 Å². The molecule has 0 saturated carbocycles. The van der Waals surface area contributed by atoms with Crippen LogP contribution in [0.2, 0.25) is 0 Å². The van der Waals surface area contributed by atoms with Gasteiger partial charge in [0.25, 0.3) is 0 Å². The maximum absolute atomic E-state index is 13.9. The quantitative estimate of drug-likeness (QED) is 0.657. The predicted molar refractivity (Wildman–Crippen MR) is 107 cm³/mol. The van der Waals surface area contributed by atoms with E-state index in [2.05, 4.69) is 19.8 Å². The summed E-state index contributed by atoms with van der Waals surface area (Å²) in [6.45, 7) is 4.57. The number of hydrogen-bond acceptors (Lipinski definition) is 5. The number of halogens is 1. The summed E-state index contributed by atoms with van der Waals surface area (Å²) in [5.74, 6) is 1.39. The molecule has 1 saturated heterocycles. The number of ether oxygens (including phenoxy) is 1. The molecule has 5 nitrogen and oxygen atoms in total. The molecule has 3 heterocycles. The summed E-state index contributed by atoms with van der Waals surface area (Å²) in [6, 6.07) is 16.7. The number of benzene rings is 1. The minimum absolute atomic E-state index is 0.134. The average Bonchev–Trinajstić information content (AvgIpc) is 2.75. The molecular weight excluding hydrogens is 355 g/mol. The maximum Gasteiger partial charge on any atom is 0.215 e. The largest absolute Gasteiger partial charge is 0.473 e. The van der Waals surface area contributed by atoms with Crippen LogP contribution in [0.3, 0.4) is 0 Å². The van der Waals surface area contributed by atoms with Gasteiger partial charge in [-0.2, -0.15) is 4.98 Å². The van der Waals surface area contributed by atoms with Crippen LogP contribution in [0.25, 0.3) is 0 Å². The van der Waals surface area contributed by atoms with Gasteiger partial charge in [0.1, 0.15) is 18.2 Å². The first kappa shape index (κ1) is 18.4. The molecule has 3 aromatic rings. The molecule has 2 aromatic heterocycles. The Balaban J connectivity index is 1.32. The standard InChI is InChI=1S/C22H23FN4O/c23-20-5-2-1-4-19(20)16-26-12-14-27(15-13-26)21-6-3-7-22(25-21)28-17-18-8-10-24-11-9-18/h1-11H,12-17H2. The Morgan fingerprint density at radius 3 is 2.46 bits per heavy atom. The minimum Gasteiger partial charge on any atom is -0.473 e. The van der Waals surface area contributed by atoms with Gasteiger partial charge in [-0.1, -0.05) is 24.3 Å². The number of pyridine rings is 2. The van der Waals surface area contributed by atoms with Crippen LogP contribution >= 0.6 is 0 Å². The van der Waals surface area contributed by atoms with Crippen molar-refractivity contribution in [2.75, 3.05) is 31.1 Å². The van der Waals surface area contributed by atoms with Crippen molar-refractivity contribution in [1.29, 1.82) is 0 Å². The van der Waals surface area contributed by atoms with Crippen molar-refractivity contribution in [2.45, 2.75) is 13.2 Å². The van der Waals surface area contributed by atoms with Crippen LogP contribution < -0.4 is 9.64 Å². The number of nitrogens with zero attached hydrogens (tertiary/aromatic N) is 4. The topological polar surface area (TPSA) is 41.5 Å². The molecule has 6 heteroatoms. The lowest BCUT2D eigenvalue weighted by Crippen LogP contribution is -2.46. The van der Waals surface area contributed by atoms with Gasteiger partial charge in [0.15, 0.2) is 0 Å². The van der Waals surface area contributed by atoms with E-state index in [1.165, 1.54) is 6.07 Å². The second-order valence-corrected chi connectivity index (χ2v) is 6.83. The highest BCUT2D eigenvalue weighted by atomic mass is 19.1. The van der Waals surface area contributed by atoms with E-state index >= 15 is 0 Å². The van der Waals surface area contributed by atoms with E-state index in [4.69, 9.17) is 4.74 Å². The first-order chi connectivity index (χ1) is 13.8. The highest BCUT2D eigenvalue weighted by Crippen LogP contribution is 2.19. The molecule has 0 amide bonds. The lowest BCUT2D eigenvalue weighted by Gasteiger charge is -2.35. The minimum atomic E-state index is -0.134. The van der Waals surface area contributed by atoms with Crippen LogP contribution in [0, 0.1) is 5.82 Å². The lowest BCUT2D eigenvalue weighted by atomic mass is 10.2. The molecule has 144 valence electrons. The zero-order valence-electron chi connectivity index (χ0n) is 15.7. The Kier molecular flexibility index (Phi) is 5.77. The fraction of sp³-hybridized carbons (Fsp3) is 0.273. The highest BCUT2D eigenvalue weighted by Gasteiger charge is 2.19. The summed E-state index contributed by atoms with van der Waals surface area (Å²) < 4.78 is 19.7. The summed E-state index contributed by atoms with van der Waals surface area (Å²) in [7, 11) is 0. The van der Waals surface area contributed by atoms with E-state index in [1.807, 2.05) is 42.5 Å². The van der Waals surface area contributed by atoms with Gasteiger partial charge in [-0.25, -0.2) is 4.39 Å². The zero-order chi connectivity index (χ0) is 19.2. The van der Waals surface area contributed by atoms with Crippen LogP contribution in [0.15, 0.2) is 67.0 Å². The van der Waals surface area contributed by atoms with Crippen molar-refractivity contribution in [3.8, 4) is 5.88 Å². The summed E-state index contributed by atoms with van der Waals surface area (Å²) in [6.07, 6.45) is 3.51. The predicted octanol–water partition coefficient (Wildman–Crippen LogP) is 3.52. The van der Waals surface area contributed by atoms with E-state index in [9.17, 15) is 4.39 Å². The number of anilines is 1. The Morgan fingerprint density at radius 2 is 1.68 bits per heavy atom. The normalized spacial score (nSPS) is 14.8. The maximum atomic E-state index is 13.9. The third-order valence-electron chi connectivity index (χ3n) is 4.89. The summed E-state index contributed by atoms with van der Waals surface area (Å²) in [5.41, 5.74) is 1.81. The van der Waals surface area contributed by atoms with Gasteiger partial charge in [0.05, 0.1) is 0 Å². The molecule has 0 unspecified atom stereocenters. The molecule has 0 spiro atoms. The molecular formula is C22H23FN4O. The van der Waals surface area contributed by atoms with Gasteiger partial charge in [0, 0.05) is 56.7 Å². The molecule has 0 radical (unpaired) electrons. The second-order valence-electron chi connectivity index (χ2n) is 6.83. The van der Waals surface area contributed by atoms with Gasteiger partial charge < -0.3 is 9.64 Å². The molecule has 0 bridgehead atoms. The molecule has 1 aliphatic rings. The van der Waals surface area contributed by atoms with Crippen molar-refractivity contribution in [3.05, 3.63) is 83.9 Å². The smallest absolute Gasteiger partial charge is 0.215 e. The molecule has 1 aromatic carbocycles. The first-order valence-electron chi connectivity index (χ1n) is 9.47. The van der Waals surface area contributed by atoms with Gasteiger partial charge >= 0.3 is 0 Å². The lowest BCUT2D eigenvalue weighted by molar-refractivity contribution is 0.245. The Hall–Kier alpha value is -2.99. The van der Waals surface area contributed by atoms with Gasteiger partial charge in [-0.15, -0.1) is 0 Å². The third kappa shape index (κ3) is 4.64. The Labute approximate surface area is 164 Å². The molecule has 4 rings (SSSR count). The fourth-order valence-electron chi connectivity index (χ4n) is 3.30. The van der Waals surface area contributed by atoms with Gasteiger partial charge in [0.2, 0.25) is 5.88 Å². The molecule has 1 fully saturated rings. The molecule has 0 aliphatic carbocycles. The van der Waals surface area contributed by atoms with Crippen LogP contribution in [-0.2, 0) is 13.2 Å². The van der Waals surface area contributed by atoms with E-state index in [0.29, 0.717) is 19.0 Å². The summed E-state index contributed by atoms with van der Waals surface area (Å²) in [4.78, 5) is 13.2. The van der Waals surface area contributed by atoms with E-state index in [-0.39, 0.29) is 5.82 Å². The van der Waals surface area contributed by atoms with Crippen LogP contribution in [-0.4, -0.2) is 41.0 Å². The van der Waals surface area contributed by atoms with Crippen molar-refractivity contribution >= 4 is 5.82 Å². The fourth-order valence-corrected chi connectivity index (χ4v) is 3.30. The summed E-state index contributed by atoms with van der Waals surface area (Å²) in [5, 5.41) is 0. The Morgan fingerprint density at radius 1 is 0.893 bits per heavy atom. The number of piperazine rings is 1. The number of hydrogen-bond donors (Lipinski definition) is 0. The van der Waals surface area contributed by atoms with Crippen molar-refractivity contribution < 1.29 is 9.13 Å². The Bertz CT molecular complexity index is 898. The molecule has 1 aliphatic heterocycles. The SMILES string of the molecule is Fc1ccccc1CN1CCN(c2cccc(OCc3ccncc3)n2)CC1. The van der Waals surface area contributed by atoms with E-state index < -0.39 is 0 Å². The highest BCUT2D eigenvalue weighted by molar-refractivity contribution is 5.41. The van der Waals surface area contributed by atoms with Crippen LogP contribution in [0.5, 0.6) is 5.88 Å². The summed E-state index contributed by atoms with van der Waals surface area (Å²) >= 11 is 0. The first-order valence-corrected chi connectivity index (χ1v) is 9.47.